The molecular formula is C24H19Cl4N3O. The van der Waals surface area contributed by atoms with Crippen molar-refractivity contribution in [1.29, 1.82) is 0 Å². The first-order valence-corrected chi connectivity index (χ1v) is 11.4. The van der Waals surface area contributed by atoms with E-state index in [0.717, 1.165) is 11.1 Å². The van der Waals surface area contributed by atoms with Crippen molar-refractivity contribution in [2.75, 3.05) is 5.73 Å². The molecule has 2 N–H and O–H groups in total. The maximum atomic E-state index is 12.9. The van der Waals surface area contributed by atoms with E-state index in [-0.39, 0.29) is 22.2 Å². The van der Waals surface area contributed by atoms with Crippen LogP contribution < -0.4 is 11.3 Å². The Morgan fingerprint density at radius 3 is 2.22 bits per heavy atom. The number of fused-ring (bicyclic) bond motifs is 1. The van der Waals surface area contributed by atoms with Crippen LogP contribution >= 0.6 is 46.4 Å². The van der Waals surface area contributed by atoms with E-state index in [0.29, 0.717) is 43.9 Å². The first kappa shape index (κ1) is 22.9. The summed E-state index contributed by atoms with van der Waals surface area (Å²) in [6.45, 7) is 4.47. The van der Waals surface area contributed by atoms with Gasteiger partial charge in [-0.05, 0) is 47.9 Å². The first-order valence-electron chi connectivity index (χ1n) is 9.91. The van der Waals surface area contributed by atoms with Crippen LogP contribution in [0.25, 0.3) is 33.4 Å². The standard InChI is InChI=1S/C24H19Cl4N3O/c1-12(2)11-31-23-18(21(29)20(28)24(31)32)10-17(13-3-5-14(25)6-4-13)22(30-23)16-8-7-15(26)9-19(16)27/h3-10,12H,11,29H2,1-2H3. The minimum atomic E-state index is -0.370. The Balaban J connectivity index is 2.15. The van der Waals surface area contributed by atoms with Gasteiger partial charge in [-0.25, -0.2) is 4.98 Å². The van der Waals surface area contributed by atoms with Crippen LogP contribution in [0.5, 0.6) is 0 Å². The van der Waals surface area contributed by atoms with Gasteiger partial charge in [0.05, 0.1) is 16.4 Å². The second-order valence-corrected chi connectivity index (χ2v) is 9.58. The van der Waals surface area contributed by atoms with E-state index in [1.54, 1.807) is 28.8 Å². The molecule has 2 aromatic heterocycles. The molecule has 0 bridgehead atoms. The number of pyridine rings is 2. The van der Waals surface area contributed by atoms with Gasteiger partial charge in [0.1, 0.15) is 10.7 Å². The number of aromatic nitrogens is 2. The number of nitrogens with two attached hydrogens (primary N) is 1. The van der Waals surface area contributed by atoms with Gasteiger partial charge in [0.15, 0.2) is 0 Å². The summed E-state index contributed by atoms with van der Waals surface area (Å²) in [4.78, 5) is 17.9. The highest BCUT2D eigenvalue weighted by molar-refractivity contribution is 6.36. The van der Waals surface area contributed by atoms with Gasteiger partial charge >= 0.3 is 0 Å². The summed E-state index contributed by atoms with van der Waals surface area (Å²) >= 11 is 25.1. The number of rotatable bonds is 4. The Morgan fingerprint density at radius 1 is 0.938 bits per heavy atom. The second-order valence-electron chi connectivity index (χ2n) is 7.92. The molecule has 0 atom stereocenters. The molecule has 0 aliphatic rings. The number of hydrogen-bond acceptors (Lipinski definition) is 3. The molecule has 0 fully saturated rings. The Bertz CT molecular complexity index is 1400. The molecule has 4 nitrogen and oxygen atoms in total. The molecule has 0 amide bonds. The van der Waals surface area contributed by atoms with Crippen molar-refractivity contribution in [3.05, 3.63) is 79.0 Å². The molecule has 0 spiro atoms. The first-order chi connectivity index (χ1) is 15.2. The zero-order chi connectivity index (χ0) is 23.2. The number of benzene rings is 2. The molecule has 0 saturated carbocycles. The highest BCUT2D eigenvalue weighted by Crippen LogP contribution is 2.39. The molecule has 8 heteroatoms. The lowest BCUT2D eigenvalue weighted by Crippen LogP contribution is -2.25. The topological polar surface area (TPSA) is 60.9 Å². The van der Waals surface area contributed by atoms with Crippen molar-refractivity contribution < 1.29 is 0 Å². The maximum Gasteiger partial charge on any atom is 0.273 e. The minimum absolute atomic E-state index is 0.0146. The minimum Gasteiger partial charge on any atom is -0.397 e. The average Bonchev–Trinajstić information content (AvgIpc) is 2.75. The smallest absolute Gasteiger partial charge is 0.273 e. The SMILES string of the molecule is CC(C)Cn1c(=O)c(Cl)c(N)c2cc(-c3ccc(Cl)cc3)c(-c3ccc(Cl)cc3Cl)nc21. The molecule has 32 heavy (non-hydrogen) atoms. The Kier molecular flexibility index (Phi) is 6.42. The lowest BCUT2D eigenvalue weighted by atomic mass is 9.97. The van der Waals surface area contributed by atoms with E-state index >= 15 is 0 Å². The van der Waals surface area contributed by atoms with Crippen molar-refractivity contribution in [3.8, 4) is 22.4 Å². The van der Waals surface area contributed by atoms with Crippen LogP contribution in [0.2, 0.25) is 20.1 Å². The van der Waals surface area contributed by atoms with Gasteiger partial charge in [-0.2, -0.15) is 0 Å². The fourth-order valence-corrected chi connectivity index (χ4v) is 4.45. The van der Waals surface area contributed by atoms with Crippen LogP contribution in [-0.2, 0) is 6.54 Å². The van der Waals surface area contributed by atoms with E-state index in [1.807, 2.05) is 38.1 Å². The summed E-state index contributed by atoms with van der Waals surface area (Å²) in [5, 5.41) is 2.15. The van der Waals surface area contributed by atoms with Gasteiger partial charge in [-0.3, -0.25) is 9.36 Å². The predicted octanol–water partition coefficient (Wildman–Crippen LogP) is 7.58. The molecule has 0 radical (unpaired) electrons. The number of nitrogen functional groups attached to an aromatic ring is 1. The third kappa shape index (κ3) is 4.20. The number of anilines is 1. The predicted molar refractivity (Wildman–Crippen MR) is 136 cm³/mol. The van der Waals surface area contributed by atoms with E-state index in [1.165, 1.54) is 0 Å². The van der Waals surface area contributed by atoms with Gasteiger partial charge in [0, 0.05) is 33.1 Å². The number of nitrogens with zero attached hydrogens (tertiary/aromatic N) is 2. The van der Waals surface area contributed by atoms with E-state index in [9.17, 15) is 4.79 Å². The molecule has 0 saturated heterocycles. The van der Waals surface area contributed by atoms with Gasteiger partial charge in [-0.15, -0.1) is 0 Å². The number of hydrogen-bond donors (Lipinski definition) is 1. The zero-order valence-electron chi connectivity index (χ0n) is 17.3. The third-order valence-electron chi connectivity index (χ3n) is 5.11. The molecule has 2 heterocycles. The number of halogens is 4. The summed E-state index contributed by atoms with van der Waals surface area (Å²) in [7, 11) is 0. The van der Waals surface area contributed by atoms with Crippen molar-refractivity contribution in [2.24, 2.45) is 5.92 Å². The van der Waals surface area contributed by atoms with Crippen LogP contribution in [0.15, 0.2) is 53.3 Å². The summed E-state index contributed by atoms with van der Waals surface area (Å²) in [5.41, 5.74) is 9.47. The lowest BCUT2D eigenvalue weighted by molar-refractivity contribution is 0.521. The quantitative estimate of drug-likeness (QED) is 0.310. The molecule has 164 valence electrons. The Hall–Kier alpha value is -2.24. The fourth-order valence-electron chi connectivity index (χ4n) is 3.63. The lowest BCUT2D eigenvalue weighted by Gasteiger charge is -2.18. The summed E-state index contributed by atoms with van der Waals surface area (Å²) in [6.07, 6.45) is 0. The normalized spacial score (nSPS) is 11.5. The Morgan fingerprint density at radius 2 is 1.59 bits per heavy atom. The largest absolute Gasteiger partial charge is 0.397 e. The average molecular weight is 507 g/mol. The highest BCUT2D eigenvalue weighted by atomic mass is 35.5. The van der Waals surface area contributed by atoms with Crippen molar-refractivity contribution >= 4 is 63.1 Å². The van der Waals surface area contributed by atoms with E-state index < -0.39 is 0 Å². The van der Waals surface area contributed by atoms with Gasteiger partial charge in [0.2, 0.25) is 0 Å². The zero-order valence-corrected chi connectivity index (χ0v) is 20.3. The monoisotopic (exact) mass is 505 g/mol. The molecule has 4 aromatic rings. The van der Waals surface area contributed by atoms with Crippen LogP contribution in [0, 0.1) is 5.92 Å². The molecule has 0 aliphatic carbocycles. The summed E-state index contributed by atoms with van der Waals surface area (Å²) < 4.78 is 1.57. The van der Waals surface area contributed by atoms with E-state index in [4.69, 9.17) is 57.1 Å². The molecule has 4 rings (SSSR count). The molecule has 0 aliphatic heterocycles. The fraction of sp³-hybridized carbons (Fsp3) is 0.167. The maximum absolute atomic E-state index is 12.9. The van der Waals surface area contributed by atoms with E-state index in [2.05, 4.69) is 0 Å². The summed E-state index contributed by atoms with van der Waals surface area (Å²) in [5.74, 6) is 0.191. The van der Waals surface area contributed by atoms with Crippen molar-refractivity contribution in [2.45, 2.75) is 20.4 Å². The van der Waals surface area contributed by atoms with Crippen LogP contribution in [0.1, 0.15) is 13.8 Å². The second kappa shape index (κ2) is 8.95. The molecular weight excluding hydrogens is 488 g/mol. The van der Waals surface area contributed by atoms with Gasteiger partial charge in [-0.1, -0.05) is 72.4 Å². The molecule has 2 aromatic carbocycles. The van der Waals surface area contributed by atoms with Crippen LogP contribution in [0.4, 0.5) is 5.69 Å². The molecule has 0 unspecified atom stereocenters. The third-order valence-corrected chi connectivity index (χ3v) is 6.27. The van der Waals surface area contributed by atoms with Crippen LogP contribution in [-0.4, -0.2) is 9.55 Å². The van der Waals surface area contributed by atoms with Crippen molar-refractivity contribution in [3.63, 3.8) is 0 Å². The highest BCUT2D eigenvalue weighted by Gasteiger charge is 2.21. The van der Waals surface area contributed by atoms with Gasteiger partial charge < -0.3 is 5.73 Å². The van der Waals surface area contributed by atoms with Crippen molar-refractivity contribution in [1.82, 2.24) is 9.55 Å². The van der Waals surface area contributed by atoms with Gasteiger partial charge in [0.25, 0.3) is 5.56 Å². The Labute approximate surface area is 205 Å². The summed E-state index contributed by atoms with van der Waals surface area (Å²) in [6, 6.07) is 14.5. The van der Waals surface area contributed by atoms with Crippen LogP contribution in [0.3, 0.4) is 0 Å².